The van der Waals surface area contributed by atoms with Crippen LogP contribution in [0.4, 0.5) is 0 Å². The van der Waals surface area contributed by atoms with Gasteiger partial charge in [0.25, 0.3) is 0 Å². The molecule has 1 N–H and O–H groups in total. The normalized spacial score (nSPS) is 12.3. The zero-order valence-electron chi connectivity index (χ0n) is 10.4. The van der Waals surface area contributed by atoms with Crippen LogP contribution in [0.25, 0.3) is 0 Å². The molecule has 0 aromatic heterocycles. The molecule has 0 bridgehead atoms. The number of methoxy groups -OCH3 is 1. The predicted octanol–water partition coefficient (Wildman–Crippen LogP) is 2.75. The Morgan fingerprint density at radius 1 is 1.35 bits per heavy atom. The number of nitrogens with one attached hydrogen (secondary N) is 1. The third-order valence-corrected chi connectivity index (χ3v) is 2.82. The van der Waals surface area contributed by atoms with Crippen molar-refractivity contribution in [3.8, 4) is 5.75 Å². The number of carbonyl (C=O) groups excluding carboxylic acids is 1. The lowest BCUT2D eigenvalue weighted by atomic mass is 9.96. The van der Waals surface area contributed by atoms with E-state index in [0.717, 1.165) is 11.3 Å². The van der Waals surface area contributed by atoms with E-state index in [-0.39, 0.29) is 17.8 Å². The number of hydrogen-bond donors (Lipinski definition) is 1. The average Bonchev–Trinajstić information content (AvgIpc) is 2.35. The summed E-state index contributed by atoms with van der Waals surface area (Å²) >= 11 is 5.50. The van der Waals surface area contributed by atoms with Gasteiger partial charge in [-0.25, -0.2) is 0 Å². The molecule has 0 heterocycles. The summed E-state index contributed by atoms with van der Waals surface area (Å²) in [5.41, 5.74) is 1.05. The van der Waals surface area contributed by atoms with Crippen LogP contribution < -0.4 is 10.1 Å². The lowest BCUT2D eigenvalue weighted by molar-refractivity contribution is -0.119. The van der Waals surface area contributed by atoms with Gasteiger partial charge in [0.1, 0.15) is 11.6 Å². The van der Waals surface area contributed by atoms with E-state index in [1.165, 1.54) is 0 Å². The Morgan fingerprint density at radius 3 is 2.35 bits per heavy atom. The highest BCUT2D eigenvalue weighted by molar-refractivity contribution is 6.27. The summed E-state index contributed by atoms with van der Waals surface area (Å²) in [4.78, 5) is 11.4. The Balaban J connectivity index is 2.85. The van der Waals surface area contributed by atoms with E-state index in [4.69, 9.17) is 16.3 Å². The molecule has 0 radical (unpaired) electrons. The van der Waals surface area contributed by atoms with E-state index in [0.29, 0.717) is 5.92 Å². The van der Waals surface area contributed by atoms with Crippen LogP contribution in [0.5, 0.6) is 5.75 Å². The second kappa shape index (κ2) is 6.50. The Kier molecular flexibility index (Phi) is 5.29. The van der Waals surface area contributed by atoms with Crippen molar-refractivity contribution in [1.29, 1.82) is 0 Å². The number of alkyl halides is 1. The summed E-state index contributed by atoms with van der Waals surface area (Å²) in [7, 11) is 1.63. The Labute approximate surface area is 107 Å². The maximum atomic E-state index is 11.4. The quantitative estimate of drug-likeness (QED) is 0.822. The fourth-order valence-corrected chi connectivity index (χ4v) is 1.74. The minimum Gasteiger partial charge on any atom is -0.497 e. The van der Waals surface area contributed by atoms with Gasteiger partial charge >= 0.3 is 0 Å². The summed E-state index contributed by atoms with van der Waals surface area (Å²) in [6.45, 7) is 4.12. The zero-order valence-corrected chi connectivity index (χ0v) is 11.1. The van der Waals surface area contributed by atoms with Gasteiger partial charge in [-0.05, 0) is 23.6 Å². The Morgan fingerprint density at radius 2 is 1.94 bits per heavy atom. The van der Waals surface area contributed by atoms with Gasteiger partial charge in [-0.1, -0.05) is 26.0 Å². The predicted molar refractivity (Wildman–Crippen MR) is 69.4 cm³/mol. The van der Waals surface area contributed by atoms with E-state index < -0.39 is 0 Å². The summed E-state index contributed by atoms with van der Waals surface area (Å²) in [6, 6.07) is 7.66. The third-order valence-electron chi connectivity index (χ3n) is 2.58. The number of rotatable bonds is 5. The monoisotopic (exact) mass is 255 g/mol. The van der Waals surface area contributed by atoms with Gasteiger partial charge in [-0.3, -0.25) is 4.79 Å². The second-order valence-corrected chi connectivity index (χ2v) is 4.46. The first kappa shape index (κ1) is 13.8. The summed E-state index contributed by atoms with van der Waals surface area (Å²) in [5, 5.41) is 2.91. The lowest BCUT2D eigenvalue weighted by Crippen LogP contribution is -2.32. The maximum absolute atomic E-state index is 11.4. The first-order valence-electron chi connectivity index (χ1n) is 5.57. The molecule has 4 heteroatoms. The molecule has 17 heavy (non-hydrogen) atoms. The minimum absolute atomic E-state index is 0.0145. The van der Waals surface area contributed by atoms with Crippen molar-refractivity contribution in [3.63, 3.8) is 0 Å². The molecule has 0 aliphatic heterocycles. The van der Waals surface area contributed by atoms with Crippen LogP contribution in [-0.2, 0) is 4.79 Å². The van der Waals surface area contributed by atoms with E-state index in [1.54, 1.807) is 7.11 Å². The molecular formula is C13H18ClNO2. The molecule has 1 aromatic carbocycles. The van der Waals surface area contributed by atoms with Crippen molar-refractivity contribution in [2.45, 2.75) is 19.9 Å². The number of carbonyl (C=O) groups is 1. The molecule has 3 nitrogen and oxygen atoms in total. The van der Waals surface area contributed by atoms with Gasteiger partial charge in [-0.2, -0.15) is 0 Å². The largest absolute Gasteiger partial charge is 0.497 e. The highest BCUT2D eigenvalue weighted by Crippen LogP contribution is 2.23. The van der Waals surface area contributed by atoms with Crippen molar-refractivity contribution in [1.82, 2.24) is 5.32 Å². The first-order valence-corrected chi connectivity index (χ1v) is 6.11. The van der Waals surface area contributed by atoms with Crippen LogP contribution in [0.3, 0.4) is 0 Å². The molecule has 1 atom stereocenters. The highest BCUT2D eigenvalue weighted by atomic mass is 35.5. The van der Waals surface area contributed by atoms with E-state index >= 15 is 0 Å². The summed E-state index contributed by atoms with van der Waals surface area (Å²) in [5.74, 6) is 0.941. The smallest absolute Gasteiger partial charge is 0.235 e. The fourth-order valence-electron chi connectivity index (χ4n) is 1.66. The standard InChI is InChI=1S/C13H18ClNO2/c1-9(2)13(15-12(16)8-14)10-4-6-11(17-3)7-5-10/h4-7,9,13H,8H2,1-3H3,(H,15,16)/t13-/m1/s1. The molecular weight excluding hydrogens is 238 g/mol. The van der Waals surface area contributed by atoms with Gasteiger partial charge in [0.2, 0.25) is 5.91 Å². The van der Waals surface area contributed by atoms with Gasteiger partial charge in [-0.15, -0.1) is 11.6 Å². The van der Waals surface area contributed by atoms with Crippen molar-refractivity contribution in [3.05, 3.63) is 29.8 Å². The van der Waals surface area contributed by atoms with Crippen LogP contribution >= 0.6 is 11.6 Å². The first-order chi connectivity index (χ1) is 8.08. The van der Waals surface area contributed by atoms with Crippen molar-refractivity contribution in [2.24, 2.45) is 5.92 Å². The highest BCUT2D eigenvalue weighted by Gasteiger charge is 2.17. The van der Waals surface area contributed by atoms with Crippen LogP contribution in [-0.4, -0.2) is 18.9 Å². The van der Waals surface area contributed by atoms with Crippen molar-refractivity contribution < 1.29 is 9.53 Å². The summed E-state index contributed by atoms with van der Waals surface area (Å²) in [6.07, 6.45) is 0. The molecule has 94 valence electrons. The number of hydrogen-bond acceptors (Lipinski definition) is 2. The minimum atomic E-state index is -0.152. The third kappa shape index (κ3) is 3.93. The Hall–Kier alpha value is -1.22. The molecule has 0 saturated carbocycles. The van der Waals surface area contributed by atoms with Gasteiger partial charge in [0, 0.05) is 0 Å². The van der Waals surface area contributed by atoms with Gasteiger partial charge in [0.15, 0.2) is 0 Å². The molecule has 0 aliphatic carbocycles. The molecule has 0 saturated heterocycles. The molecule has 1 rings (SSSR count). The second-order valence-electron chi connectivity index (χ2n) is 4.20. The van der Waals surface area contributed by atoms with Crippen LogP contribution in [0.1, 0.15) is 25.5 Å². The van der Waals surface area contributed by atoms with Crippen LogP contribution in [0.2, 0.25) is 0 Å². The van der Waals surface area contributed by atoms with E-state index in [9.17, 15) is 4.79 Å². The topological polar surface area (TPSA) is 38.3 Å². The average molecular weight is 256 g/mol. The van der Waals surface area contributed by atoms with Crippen molar-refractivity contribution >= 4 is 17.5 Å². The molecule has 1 aromatic rings. The number of ether oxygens (including phenoxy) is 1. The lowest BCUT2D eigenvalue weighted by Gasteiger charge is -2.22. The van der Waals surface area contributed by atoms with E-state index in [1.807, 2.05) is 24.3 Å². The van der Waals surface area contributed by atoms with Gasteiger partial charge < -0.3 is 10.1 Å². The molecule has 0 aliphatic rings. The van der Waals surface area contributed by atoms with Crippen LogP contribution in [0, 0.1) is 5.92 Å². The molecule has 0 unspecified atom stereocenters. The SMILES string of the molecule is COc1ccc([C@H](NC(=O)CCl)C(C)C)cc1. The zero-order chi connectivity index (χ0) is 12.8. The number of amides is 1. The summed E-state index contributed by atoms with van der Waals surface area (Å²) < 4.78 is 5.10. The maximum Gasteiger partial charge on any atom is 0.235 e. The van der Waals surface area contributed by atoms with E-state index in [2.05, 4.69) is 19.2 Å². The van der Waals surface area contributed by atoms with Gasteiger partial charge in [0.05, 0.1) is 13.2 Å². The van der Waals surface area contributed by atoms with Crippen molar-refractivity contribution in [2.75, 3.05) is 13.0 Å². The fraction of sp³-hybridized carbons (Fsp3) is 0.462. The number of benzene rings is 1. The van der Waals surface area contributed by atoms with Crippen LogP contribution in [0.15, 0.2) is 24.3 Å². The molecule has 0 fully saturated rings. The number of halogens is 1. The molecule has 1 amide bonds. The Bertz CT molecular complexity index is 362. The molecule has 0 spiro atoms.